The molecule has 0 aromatic heterocycles. The van der Waals surface area contributed by atoms with Gasteiger partial charge in [-0.1, -0.05) is 36.4 Å². The molecule has 37 heavy (non-hydrogen) atoms. The van der Waals surface area contributed by atoms with E-state index in [1.165, 1.54) is 13.2 Å². The van der Waals surface area contributed by atoms with Crippen LogP contribution in [0.4, 0.5) is 18.9 Å². The number of carbonyl (C=O) groups excluding carboxylic acids is 1. The highest BCUT2D eigenvalue weighted by atomic mass is 19.4. The highest BCUT2D eigenvalue weighted by Crippen LogP contribution is 2.34. The fourth-order valence-electron chi connectivity index (χ4n) is 3.50. The lowest BCUT2D eigenvalue weighted by Crippen LogP contribution is -2.35. The number of hydrogen-bond donors (Lipinski definition) is 3. The average Bonchev–Trinajstić information content (AvgIpc) is 2.87. The first kappa shape index (κ1) is 27.4. The maximum absolute atomic E-state index is 13.5. The van der Waals surface area contributed by atoms with Gasteiger partial charge in [0, 0.05) is 34.4 Å². The van der Waals surface area contributed by atoms with Crippen LogP contribution in [-0.2, 0) is 10.9 Å². The Labute approximate surface area is 212 Å². The Balaban J connectivity index is 2.04. The van der Waals surface area contributed by atoms with E-state index >= 15 is 0 Å². The number of ether oxygens (including phenoxy) is 2. The van der Waals surface area contributed by atoms with Crippen LogP contribution in [0.15, 0.2) is 66.7 Å². The quantitative estimate of drug-likeness (QED) is 0.397. The van der Waals surface area contributed by atoms with Gasteiger partial charge in [0.1, 0.15) is 18.2 Å². The van der Waals surface area contributed by atoms with Crippen molar-refractivity contribution in [3.8, 4) is 5.75 Å². The number of hydrogen-bond acceptors (Lipinski definition) is 7. The van der Waals surface area contributed by atoms with Gasteiger partial charge in [0.2, 0.25) is 0 Å². The summed E-state index contributed by atoms with van der Waals surface area (Å²) in [6.07, 6.45) is -4.57. The van der Waals surface area contributed by atoms with Gasteiger partial charge in [-0.15, -0.1) is 0 Å². The number of methoxy groups -OCH3 is 1. The molecular formula is C27H29F3N4O3. The Morgan fingerprint density at radius 3 is 2.16 bits per heavy atom. The van der Waals surface area contributed by atoms with E-state index in [0.717, 1.165) is 12.1 Å². The Bertz CT molecular complexity index is 1370. The van der Waals surface area contributed by atoms with Gasteiger partial charge in [0.25, 0.3) is 0 Å². The summed E-state index contributed by atoms with van der Waals surface area (Å²) in [4.78, 5) is 13.6. The molecule has 0 aliphatic heterocycles. The normalized spacial score (nSPS) is 13.2. The molecule has 10 heteroatoms. The van der Waals surface area contributed by atoms with Gasteiger partial charge in [-0.3, -0.25) is 0 Å². The highest BCUT2D eigenvalue weighted by molar-refractivity contribution is 5.89. The van der Waals surface area contributed by atoms with E-state index < -0.39 is 17.7 Å². The first-order chi connectivity index (χ1) is 17.5. The molecule has 7 nitrogen and oxygen atoms in total. The number of nitrogens with one attached hydrogen (secondary N) is 1. The minimum atomic E-state index is -4.57. The van der Waals surface area contributed by atoms with Crippen molar-refractivity contribution in [1.82, 2.24) is 4.90 Å². The lowest BCUT2D eigenvalue weighted by atomic mass is 10.1. The van der Waals surface area contributed by atoms with Crippen LogP contribution in [0.2, 0.25) is 0 Å². The van der Waals surface area contributed by atoms with Gasteiger partial charge in [0.15, 0.2) is 0 Å². The van der Waals surface area contributed by atoms with Gasteiger partial charge < -0.3 is 31.2 Å². The Morgan fingerprint density at radius 2 is 1.57 bits per heavy atom. The number of rotatable bonds is 8. The van der Waals surface area contributed by atoms with Crippen LogP contribution in [-0.4, -0.2) is 45.2 Å². The molecule has 0 fully saturated rings. The summed E-state index contributed by atoms with van der Waals surface area (Å²) >= 11 is 0. The molecule has 3 aromatic rings. The maximum atomic E-state index is 13.5. The Hall–Kier alpha value is -4.18. The van der Waals surface area contributed by atoms with E-state index in [1.54, 1.807) is 48.5 Å². The number of esters is 1. The number of anilines is 1. The Kier molecular flexibility index (Phi) is 8.67. The topological polar surface area (TPSA) is 103 Å². The van der Waals surface area contributed by atoms with Crippen LogP contribution in [0.1, 0.15) is 21.5 Å². The number of alkyl halides is 3. The number of nitrogens with two attached hydrogens (primary N) is 2. The molecule has 196 valence electrons. The highest BCUT2D eigenvalue weighted by Gasteiger charge is 2.31. The largest absolute Gasteiger partial charge is 0.492 e. The number of carbonyl (C=O) groups is 1. The molecule has 0 unspecified atom stereocenters. The fraction of sp³-hybridized carbons (Fsp3) is 0.222. The number of benzene rings is 3. The van der Waals surface area contributed by atoms with E-state index in [1.807, 2.05) is 19.0 Å². The van der Waals surface area contributed by atoms with Crippen LogP contribution in [0, 0.1) is 0 Å². The van der Waals surface area contributed by atoms with Crippen molar-refractivity contribution < 1.29 is 27.4 Å². The summed E-state index contributed by atoms with van der Waals surface area (Å²) in [6.45, 7) is 0.756. The van der Waals surface area contributed by atoms with Crippen LogP contribution >= 0.6 is 0 Å². The predicted octanol–water partition coefficient (Wildman–Crippen LogP) is 2.68. The molecule has 0 radical (unpaired) electrons. The SMILES string of the molecule is COC(=O)c1ccc(/C(N)=c2\cccc\c2=C(\N)Nc2cc(OCCN(C)C)cc(C(F)(F)F)c2)cc1. The van der Waals surface area contributed by atoms with Crippen LogP contribution in [0.25, 0.3) is 11.5 Å². The molecule has 0 saturated heterocycles. The lowest BCUT2D eigenvalue weighted by Gasteiger charge is -2.16. The van der Waals surface area contributed by atoms with Crippen molar-refractivity contribution in [2.45, 2.75) is 6.18 Å². The molecule has 0 amide bonds. The minimum absolute atomic E-state index is 0.0667. The van der Waals surface area contributed by atoms with Crippen molar-refractivity contribution in [2.75, 3.05) is 39.7 Å². The summed E-state index contributed by atoms with van der Waals surface area (Å²) in [5.41, 5.74) is 13.4. The molecule has 0 heterocycles. The average molecular weight is 515 g/mol. The summed E-state index contributed by atoms with van der Waals surface area (Å²) in [5, 5.41) is 3.92. The van der Waals surface area contributed by atoms with Gasteiger partial charge in [-0.2, -0.15) is 13.2 Å². The van der Waals surface area contributed by atoms with E-state index in [-0.39, 0.29) is 23.9 Å². The van der Waals surface area contributed by atoms with Crippen molar-refractivity contribution in [2.24, 2.45) is 11.5 Å². The first-order valence-electron chi connectivity index (χ1n) is 11.3. The number of nitrogens with zero attached hydrogens (tertiary/aromatic N) is 1. The first-order valence-corrected chi connectivity index (χ1v) is 11.3. The molecule has 3 rings (SSSR count). The molecule has 3 aromatic carbocycles. The fourth-order valence-corrected chi connectivity index (χ4v) is 3.50. The predicted molar refractivity (Wildman–Crippen MR) is 137 cm³/mol. The zero-order valence-electron chi connectivity index (χ0n) is 20.7. The van der Waals surface area contributed by atoms with Crippen molar-refractivity contribution in [3.63, 3.8) is 0 Å². The second kappa shape index (κ2) is 11.7. The number of halogens is 3. The molecule has 0 bridgehead atoms. The van der Waals surface area contributed by atoms with Crippen molar-refractivity contribution in [3.05, 3.63) is 93.9 Å². The molecule has 0 spiro atoms. The second-order valence-corrected chi connectivity index (χ2v) is 8.46. The molecule has 0 aliphatic rings. The molecule has 0 saturated carbocycles. The zero-order chi connectivity index (χ0) is 27.2. The third-order valence-electron chi connectivity index (χ3n) is 5.44. The van der Waals surface area contributed by atoms with Crippen LogP contribution in [0.3, 0.4) is 0 Å². The van der Waals surface area contributed by atoms with Gasteiger partial charge in [0.05, 0.1) is 18.2 Å². The van der Waals surface area contributed by atoms with Gasteiger partial charge in [-0.25, -0.2) is 4.79 Å². The third kappa shape index (κ3) is 7.17. The van der Waals surface area contributed by atoms with E-state index in [0.29, 0.717) is 33.8 Å². The number of likely N-dealkylation sites (N-methyl/N-ethyl adjacent to an activating group) is 1. The summed E-state index contributed by atoms with van der Waals surface area (Å²) in [5.74, 6) is -0.307. The summed E-state index contributed by atoms with van der Waals surface area (Å²) in [7, 11) is 4.97. The van der Waals surface area contributed by atoms with Crippen molar-refractivity contribution >= 4 is 23.2 Å². The monoisotopic (exact) mass is 514 g/mol. The van der Waals surface area contributed by atoms with E-state index in [4.69, 9.17) is 20.9 Å². The zero-order valence-corrected chi connectivity index (χ0v) is 20.7. The van der Waals surface area contributed by atoms with Gasteiger partial charge in [-0.05, 0) is 43.9 Å². The summed E-state index contributed by atoms with van der Waals surface area (Å²) in [6, 6.07) is 16.8. The minimum Gasteiger partial charge on any atom is -0.492 e. The smallest absolute Gasteiger partial charge is 0.416 e. The van der Waals surface area contributed by atoms with E-state index in [9.17, 15) is 18.0 Å². The second-order valence-electron chi connectivity index (χ2n) is 8.46. The third-order valence-corrected chi connectivity index (χ3v) is 5.44. The molecule has 0 atom stereocenters. The molecule has 5 N–H and O–H groups in total. The van der Waals surface area contributed by atoms with E-state index in [2.05, 4.69) is 5.32 Å². The van der Waals surface area contributed by atoms with Crippen molar-refractivity contribution in [1.29, 1.82) is 0 Å². The van der Waals surface area contributed by atoms with Crippen LogP contribution < -0.4 is 32.0 Å². The standard InChI is InChI=1S/C27H29F3N4O3/c1-34(2)12-13-37-21-15-19(27(28,29)30)14-20(16-21)33-25(32)23-7-5-4-6-22(23)24(31)17-8-10-18(11-9-17)26(35)36-3/h4-11,14-16,33H,12-13,31-32H2,1-3H3/b24-22-,25-23+. The summed E-state index contributed by atoms with van der Waals surface area (Å²) < 4.78 is 50.9. The molecule has 0 aliphatic carbocycles. The van der Waals surface area contributed by atoms with Crippen LogP contribution in [0.5, 0.6) is 5.75 Å². The maximum Gasteiger partial charge on any atom is 0.416 e. The van der Waals surface area contributed by atoms with Gasteiger partial charge >= 0.3 is 12.1 Å². The lowest BCUT2D eigenvalue weighted by molar-refractivity contribution is -0.137. The Morgan fingerprint density at radius 1 is 0.946 bits per heavy atom. The molecular weight excluding hydrogens is 485 g/mol.